The summed E-state index contributed by atoms with van der Waals surface area (Å²) in [5.41, 5.74) is 3.99. The maximum Gasteiger partial charge on any atom is 0.325 e. The molecule has 1 atom stereocenters. The van der Waals surface area contributed by atoms with E-state index in [1.807, 2.05) is 25.1 Å². The van der Waals surface area contributed by atoms with Crippen molar-refractivity contribution in [1.82, 2.24) is 15.1 Å². The Morgan fingerprint density at radius 1 is 1.00 bits per heavy atom. The highest BCUT2D eigenvalue weighted by Crippen LogP contribution is 2.38. The molecule has 3 heterocycles. The van der Waals surface area contributed by atoms with Gasteiger partial charge in [0, 0.05) is 6.54 Å². The van der Waals surface area contributed by atoms with Crippen LogP contribution in [0.5, 0.6) is 11.5 Å². The number of rotatable bonds is 6. The van der Waals surface area contributed by atoms with E-state index in [0.717, 1.165) is 38.0 Å². The zero-order chi connectivity index (χ0) is 23.9. The fraction of sp³-hybridized carbons (Fsp3) is 0.481. The summed E-state index contributed by atoms with van der Waals surface area (Å²) in [6.45, 7) is 9.49. The van der Waals surface area contributed by atoms with E-state index in [4.69, 9.17) is 9.47 Å². The molecule has 0 spiro atoms. The third-order valence-electron chi connectivity index (χ3n) is 7.72. The Balaban J connectivity index is 1.26. The molecule has 7 nitrogen and oxygen atoms in total. The first-order chi connectivity index (χ1) is 16.4. The highest BCUT2D eigenvalue weighted by atomic mass is 16.7. The fourth-order valence-electron chi connectivity index (χ4n) is 5.61. The number of amides is 3. The number of piperidine rings is 1. The molecule has 0 saturated carbocycles. The lowest BCUT2D eigenvalue weighted by Gasteiger charge is -2.40. The minimum Gasteiger partial charge on any atom is -0.454 e. The summed E-state index contributed by atoms with van der Waals surface area (Å²) in [6, 6.07) is 11.9. The second-order valence-corrected chi connectivity index (χ2v) is 9.81. The van der Waals surface area contributed by atoms with Gasteiger partial charge in [-0.25, -0.2) is 4.79 Å². The number of aryl methyl sites for hydroxylation is 2. The molecule has 2 aromatic carbocycles. The molecule has 2 saturated heterocycles. The quantitative estimate of drug-likeness (QED) is 0.652. The van der Waals surface area contributed by atoms with Gasteiger partial charge >= 0.3 is 6.03 Å². The van der Waals surface area contributed by atoms with Crippen molar-refractivity contribution in [3.63, 3.8) is 0 Å². The lowest BCUT2D eigenvalue weighted by atomic mass is 9.75. The van der Waals surface area contributed by atoms with E-state index in [1.165, 1.54) is 21.6 Å². The molecule has 0 aliphatic carbocycles. The normalized spacial score (nSPS) is 23.0. The minimum atomic E-state index is -0.821. The van der Waals surface area contributed by atoms with Gasteiger partial charge in [-0.3, -0.25) is 14.6 Å². The van der Waals surface area contributed by atoms with Crippen LogP contribution in [0.25, 0.3) is 0 Å². The number of imide groups is 1. The summed E-state index contributed by atoms with van der Waals surface area (Å²) < 4.78 is 10.8. The molecular weight excluding hydrogens is 430 g/mol. The third-order valence-corrected chi connectivity index (χ3v) is 7.72. The van der Waals surface area contributed by atoms with E-state index in [-0.39, 0.29) is 31.2 Å². The zero-order valence-electron chi connectivity index (χ0n) is 20.2. The fourth-order valence-corrected chi connectivity index (χ4v) is 5.61. The van der Waals surface area contributed by atoms with Crippen LogP contribution in [-0.2, 0) is 17.9 Å². The molecule has 3 aliphatic rings. The van der Waals surface area contributed by atoms with Crippen molar-refractivity contribution in [2.75, 3.05) is 19.9 Å². The summed E-state index contributed by atoms with van der Waals surface area (Å²) >= 11 is 0. The van der Waals surface area contributed by atoms with Gasteiger partial charge in [-0.1, -0.05) is 36.8 Å². The Bertz CT molecular complexity index is 1110. The topological polar surface area (TPSA) is 71.1 Å². The van der Waals surface area contributed by atoms with Crippen LogP contribution in [0.4, 0.5) is 4.79 Å². The van der Waals surface area contributed by atoms with Crippen LogP contribution in [0.3, 0.4) is 0 Å². The largest absolute Gasteiger partial charge is 0.454 e. The Morgan fingerprint density at radius 2 is 1.76 bits per heavy atom. The number of carbonyl (C=O) groups excluding carboxylic acids is 2. The van der Waals surface area contributed by atoms with E-state index >= 15 is 0 Å². The molecule has 0 unspecified atom stereocenters. The summed E-state index contributed by atoms with van der Waals surface area (Å²) in [6.07, 6.45) is 2.38. The maximum absolute atomic E-state index is 13.6. The van der Waals surface area contributed by atoms with Crippen molar-refractivity contribution in [2.45, 2.75) is 58.7 Å². The smallest absolute Gasteiger partial charge is 0.325 e. The molecule has 0 bridgehead atoms. The average Bonchev–Trinajstić information content (AvgIpc) is 3.40. The number of hydrogen-bond acceptors (Lipinski definition) is 5. The van der Waals surface area contributed by atoms with Crippen LogP contribution in [0, 0.1) is 19.8 Å². The Morgan fingerprint density at radius 3 is 2.53 bits per heavy atom. The molecule has 7 heteroatoms. The van der Waals surface area contributed by atoms with Crippen molar-refractivity contribution >= 4 is 11.9 Å². The second-order valence-electron chi connectivity index (χ2n) is 9.81. The predicted octanol–water partition coefficient (Wildman–Crippen LogP) is 4.14. The number of ether oxygens (including phenoxy) is 2. The lowest BCUT2D eigenvalue weighted by Crippen LogP contribution is -2.55. The number of benzene rings is 2. The molecule has 0 aromatic heterocycles. The maximum atomic E-state index is 13.6. The molecule has 180 valence electrons. The molecule has 3 aliphatic heterocycles. The summed E-state index contributed by atoms with van der Waals surface area (Å²) in [5.74, 6) is 1.37. The van der Waals surface area contributed by atoms with Gasteiger partial charge in [0.05, 0.1) is 6.54 Å². The number of nitrogens with zero attached hydrogens (tertiary/aromatic N) is 2. The highest BCUT2D eigenvalue weighted by molar-refractivity contribution is 6.07. The van der Waals surface area contributed by atoms with Crippen LogP contribution < -0.4 is 14.8 Å². The van der Waals surface area contributed by atoms with Gasteiger partial charge in [-0.2, -0.15) is 0 Å². The molecule has 3 amide bonds. The monoisotopic (exact) mass is 463 g/mol. The van der Waals surface area contributed by atoms with Crippen LogP contribution >= 0.6 is 0 Å². The molecule has 5 rings (SSSR count). The molecule has 34 heavy (non-hydrogen) atoms. The number of nitrogens with one attached hydrogen (secondary N) is 1. The second kappa shape index (κ2) is 8.95. The number of fused-ring (bicyclic) bond motifs is 1. The first kappa shape index (κ1) is 22.7. The van der Waals surface area contributed by atoms with E-state index < -0.39 is 5.54 Å². The van der Waals surface area contributed by atoms with Gasteiger partial charge < -0.3 is 14.8 Å². The lowest BCUT2D eigenvalue weighted by molar-refractivity contribution is -0.134. The van der Waals surface area contributed by atoms with Crippen molar-refractivity contribution in [1.29, 1.82) is 0 Å². The van der Waals surface area contributed by atoms with Crippen molar-refractivity contribution in [3.05, 3.63) is 58.7 Å². The van der Waals surface area contributed by atoms with Crippen molar-refractivity contribution in [3.8, 4) is 11.5 Å². The standard InChI is InChI=1S/C27H33N3O4/c1-4-27(22-9-11-29(12-10-22)16-21-13-18(2)5-6-19(21)3)25(31)30(26(32)28-27)15-20-7-8-23-24(14-20)34-17-33-23/h5-8,13-14,22H,4,9-12,15-17H2,1-3H3,(H,28,32)/t27-/m0/s1. The van der Waals surface area contributed by atoms with E-state index in [1.54, 1.807) is 0 Å². The van der Waals surface area contributed by atoms with Crippen molar-refractivity contribution in [2.24, 2.45) is 5.92 Å². The van der Waals surface area contributed by atoms with Gasteiger partial charge in [0.1, 0.15) is 5.54 Å². The molecule has 0 radical (unpaired) electrons. The average molecular weight is 464 g/mol. The Labute approximate surface area is 201 Å². The number of likely N-dealkylation sites (tertiary alicyclic amines) is 1. The van der Waals surface area contributed by atoms with Gasteiger partial charge in [0.2, 0.25) is 6.79 Å². The predicted molar refractivity (Wildman–Crippen MR) is 129 cm³/mol. The SMILES string of the molecule is CC[C@@]1(C2CCN(Cc3cc(C)ccc3C)CC2)NC(=O)N(Cc2ccc3c(c2)OCO3)C1=O. The minimum absolute atomic E-state index is 0.106. The molecule has 1 N–H and O–H groups in total. The highest BCUT2D eigenvalue weighted by Gasteiger charge is 2.54. The molecule has 2 fully saturated rings. The zero-order valence-corrected chi connectivity index (χ0v) is 20.2. The number of urea groups is 1. The summed E-state index contributed by atoms with van der Waals surface area (Å²) in [5, 5.41) is 3.10. The van der Waals surface area contributed by atoms with Crippen molar-refractivity contribution < 1.29 is 19.1 Å². The van der Waals surface area contributed by atoms with Crippen LogP contribution in [0.15, 0.2) is 36.4 Å². The third kappa shape index (κ3) is 4.02. The number of hydrogen-bond donors (Lipinski definition) is 1. The Kier molecular flexibility index (Phi) is 5.98. The Hall–Kier alpha value is -3.06. The van der Waals surface area contributed by atoms with E-state index in [2.05, 4.69) is 42.3 Å². The number of carbonyl (C=O) groups is 2. The first-order valence-corrected chi connectivity index (χ1v) is 12.2. The first-order valence-electron chi connectivity index (χ1n) is 12.2. The van der Waals surface area contributed by atoms with Gasteiger partial charge in [0.25, 0.3) is 5.91 Å². The summed E-state index contributed by atoms with van der Waals surface area (Å²) in [4.78, 5) is 30.4. The van der Waals surface area contributed by atoms with Crippen LogP contribution in [0.2, 0.25) is 0 Å². The van der Waals surface area contributed by atoms with Gasteiger partial charge in [-0.05, 0) is 80.9 Å². The van der Waals surface area contributed by atoms with E-state index in [0.29, 0.717) is 17.9 Å². The van der Waals surface area contributed by atoms with Crippen LogP contribution in [-0.4, -0.2) is 47.2 Å². The van der Waals surface area contributed by atoms with Gasteiger partial charge in [0.15, 0.2) is 11.5 Å². The van der Waals surface area contributed by atoms with E-state index in [9.17, 15) is 9.59 Å². The molecular formula is C27H33N3O4. The molecule has 2 aromatic rings. The summed E-state index contributed by atoms with van der Waals surface area (Å²) in [7, 11) is 0. The van der Waals surface area contributed by atoms with Crippen LogP contribution in [0.1, 0.15) is 48.4 Å². The van der Waals surface area contributed by atoms with Gasteiger partial charge in [-0.15, -0.1) is 0 Å².